The van der Waals surface area contributed by atoms with Crippen LogP contribution in [0.4, 0.5) is 19.0 Å². The minimum absolute atomic E-state index is 0.0151. The number of hydrogen-bond acceptors (Lipinski definition) is 7. The molecule has 1 aliphatic heterocycles. The normalized spacial score (nSPS) is 17.9. The summed E-state index contributed by atoms with van der Waals surface area (Å²) < 4.78 is 45.3. The zero-order valence-corrected chi connectivity index (χ0v) is 22.7. The van der Waals surface area contributed by atoms with E-state index >= 15 is 4.39 Å². The van der Waals surface area contributed by atoms with Gasteiger partial charge in [0.15, 0.2) is 5.65 Å². The second-order valence-corrected chi connectivity index (χ2v) is 11.3. The summed E-state index contributed by atoms with van der Waals surface area (Å²) >= 11 is 0. The lowest BCUT2D eigenvalue weighted by atomic mass is 9.91. The van der Waals surface area contributed by atoms with Crippen molar-refractivity contribution in [1.29, 1.82) is 5.26 Å². The molecule has 3 aromatic rings. The Bertz CT molecular complexity index is 1450. The highest BCUT2D eigenvalue weighted by Gasteiger charge is 2.49. The van der Waals surface area contributed by atoms with Gasteiger partial charge in [0.25, 0.3) is 0 Å². The lowest BCUT2D eigenvalue weighted by molar-refractivity contribution is -0.170. The van der Waals surface area contributed by atoms with Gasteiger partial charge in [-0.25, -0.2) is 19.3 Å². The monoisotopic (exact) mass is 538 g/mol. The van der Waals surface area contributed by atoms with E-state index in [1.807, 2.05) is 13.0 Å². The number of pyridine rings is 1. The summed E-state index contributed by atoms with van der Waals surface area (Å²) in [5.74, 6) is -3.90. The van der Waals surface area contributed by atoms with Crippen LogP contribution in [0.3, 0.4) is 0 Å². The average Bonchev–Trinajstić information content (AvgIpc) is 3.63. The Labute approximate surface area is 226 Å². The zero-order valence-electron chi connectivity index (χ0n) is 22.7. The zero-order chi connectivity index (χ0) is 28.2. The Hall–Kier alpha value is -3.29. The molecule has 0 radical (unpaired) electrons. The van der Waals surface area contributed by atoms with Gasteiger partial charge in [-0.05, 0) is 77.7 Å². The molecule has 0 unspecified atom stereocenters. The van der Waals surface area contributed by atoms with Crippen LogP contribution in [0.15, 0.2) is 24.3 Å². The number of rotatable bonds is 9. The van der Waals surface area contributed by atoms with Gasteiger partial charge < -0.3 is 15.3 Å². The second-order valence-electron chi connectivity index (χ2n) is 11.3. The molecule has 1 aliphatic carbocycles. The first-order chi connectivity index (χ1) is 18.4. The third-order valence-electron chi connectivity index (χ3n) is 7.96. The molecule has 206 valence electrons. The van der Waals surface area contributed by atoms with E-state index in [-0.39, 0.29) is 5.56 Å². The molecule has 1 aromatic carbocycles. The first kappa shape index (κ1) is 27.3. The molecule has 0 amide bonds. The molecule has 39 heavy (non-hydrogen) atoms. The molecule has 2 fully saturated rings. The molecule has 10 heteroatoms. The Morgan fingerprint density at radius 2 is 1.92 bits per heavy atom. The highest BCUT2D eigenvalue weighted by Crippen LogP contribution is 2.49. The molecule has 2 aromatic heterocycles. The summed E-state index contributed by atoms with van der Waals surface area (Å²) in [6, 6.07) is 7.33. The highest BCUT2D eigenvalue weighted by molar-refractivity contribution is 5.88. The first-order valence-electron chi connectivity index (χ1n) is 13.3. The summed E-state index contributed by atoms with van der Waals surface area (Å²) in [4.78, 5) is 16.5. The number of benzene rings is 1. The van der Waals surface area contributed by atoms with E-state index in [4.69, 9.17) is 15.0 Å². The average molecular weight is 539 g/mol. The summed E-state index contributed by atoms with van der Waals surface area (Å²) in [6.07, 6.45) is 3.27. The second kappa shape index (κ2) is 9.72. The van der Waals surface area contributed by atoms with Gasteiger partial charge >= 0.3 is 5.92 Å². The Kier molecular flexibility index (Phi) is 6.80. The number of nitrogens with one attached hydrogen (secondary N) is 1. The number of hydrogen-bond donors (Lipinski definition) is 2. The smallest absolute Gasteiger partial charge is 0.303 e. The highest BCUT2D eigenvalue weighted by atomic mass is 19.3. The van der Waals surface area contributed by atoms with Crippen molar-refractivity contribution in [3.8, 4) is 6.07 Å². The van der Waals surface area contributed by atoms with Crippen molar-refractivity contribution in [2.45, 2.75) is 76.4 Å². The number of aromatic nitrogens is 3. The molecule has 2 aliphatic rings. The van der Waals surface area contributed by atoms with E-state index in [2.05, 4.69) is 16.3 Å². The van der Waals surface area contributed by atoms with Crippen LogP contribution in [0.5, 0.6) is 0 Å². The summed E-state index contributed by atoms with van der Waals surface area (Å²) in [7, 11) is 0. The van der Waals surface area contributed by atoms with E-state index in [1.165, 1.54) is 18.6 Å². The van der Waals surface area contributed by atoms with E-state index in [0.29, 0.717) is 29.1 Å². The van der Waals surface area contributed by atoms with Gasteiger partial charge in [-0.2, -0.15) is 14.0 Å². The molecule has 2 N–H and O–H groups in total. The van der Waals surface area contributed by atoms with Gasteiger partial charge in [0.1, 0.15) is 23.1 Å². The van der Waals surface area contributed by atoms with Gasteiger partial charge in [-0.15, -0.1) is 0 Å². The van der Waals surface area contributed by atoms with Crippen molar-refractivity contribution < 1.29 is 18.3 Å². The van der Waals surface area contributed by atoms with Gasteiger partial charge in [0.2, 0.25) is 0 Å². The van der Waals surface area contributed by atoms with E-state index in [9.17, 15) is 19.1 Å². The van der Waals surface area contributed by atoms with Crippen molar-refractivity contribution in [3.05, 3.63) is 58.3 Å². The molecule has 7 nitrogen and oxygen atoms in total. The minimum Gasteiger partial charge on any atom is -0.384 e. The lowest BCUT2D eigenvalue weighted by Crippen LogP contribution is -2.41. The number of nitriles is 1. The quantitative estimate of drug-likeness (QED) is 0.381. The van der Waals surface area contributed by atoms with Crippen LogP contribution in [0.1, 0.15) is 74.3 Å². The fraction of sp³-hybridized carbons (Fsp3) is 0.517. The molecule has 1 saturated heterocycles. The number of anilines is 1. The molecule has 5 rings (SSSR count). The van der Waals surface area contributed by atoms with Gasteiger partial charge in [-0.3, -0.25) is 0 Å². The van der Waals surface area contributed by atoms with Gasteiger partial charge in [0, 0.05) is 24.2 Å². The first-order valence-corrected chi connectivity index (χ1v) is 13.3. The van der Waals surface area contributed by atoms with E-state index in [0.717, 1.165) is 63.6 Å². The Balaban J connectivity index is 1.55. The van der Waals surface area contributed by atoms with Crippen LogP contribution >= 0.6 is 0 Å². The fourth-order valence-electron chi connectivity index (χ4n) is 5.06. The molecule has 3 heterocycles. The Morgan fingerprint density at radius 3 is 2.51 bits per heavy atom. The van der Waals surface area contributed by atoms with Crippen molar-refractivity contribution in [2.75, 3.05) is 25.0 Å². The van der Waals surface area contributed by atoms with Crippen molar-refractivity contribution >= 4 is 16.9 Å². The lowest BCUT2D eigenvalue weighted by Gasteiger charge is -2.30. The van der Waals surface area contributed by atoms with Crippen LogP contribution < -0.4 is 5.32 Å². The Morgan fingerprint density at radius 1 is 1.21 bits per heavy atom. The van der Waals surface area contributed by atoms with Crippen molar-refractivity contribution in [1.82, 2.24) is 19.9 Å². The number of aliphatic hydroxyl groups is 1. The van der Waals surface area contributed by atoms with Gasteiger partial charge in [0.05, 0.1) is 28.5 Å². The number of alkyl halides is 2. The van der Waals surface area contributed by atoms with E-state index < -0.39 is 34.4 Å². The molecule has 1 saturated carbocycles. The predicted molar refractivity (Wildman–Crippen MR) is 142 cm³/mol. The summed E-state index contributed by atoms with van der Waals surface area (Å²) in [6.45, 7) is 8.32. The van der Waals surface area contributed by atoms with E-state index in [1.54, 1.807) is 6.92 Å². The predicted octanol–water partition coefficient (Wildman–Crippen LogP) is 5.31. The van der Waals surface area contributed by atoms with Crippen LogP contribution in [0, 0.1) is 24.1 Å². The maximum absolute atomic E-state index is 15.5. The van der Waals surface area contributed by atoms with Gasteiger partial charge in [-0.1, -0.05) is 12.1 Å². The maximum Gasteiger partial charge on any atom is 0.303 e. The maximum atomic E-state index is 15.5. The number of nitrogens with zero attached hydrogens (tertiary/aromatic N) is 5. The number of halogens is 3. The third-order valence-corrected chi connectivity index (χ3v) is 7.96. The molecule has 0 bridgehead atoms. The van der Waals surface area contributed by atoms with Crippen LogP contribution in [-0.4, -0.2) is 50.2 Å². The minimum atomic E-state index is -3.80. The number of fused-ring (bicyclic) bond motifs is 1. The number of likely N-dealkylation sites (tertiary alicyclic amines) is 1. The standard InChI is InChI=1S/C29H33F3N6O/c1-17(19-7-5-8-21(24(19)30)29(31,32)27(3,4)39)34-25-20-15-22(28(16-33)10-11-28)18(2)35-26(20)37-23(36-25)9-14-38-12-6-13-38/h5,7-8,15,17,39H,6,9-14H2,1-4H3,(H,34,35,36,37)/t17-/m1/s1. The third kappa shape index (κ3) is 4.94. The van der Waals surface area contributed by atoms with Crippen molar-refractivity contribution in [3.63, 3.8) is 0 Å². The SMILES string of the molecule is Cc1nc2nc(CCN3CCC3)nc(N[C@H](C)c3cccc(C(F)(F)C(C)(C)O)c3F)c2cc1C1(C#N)CC1. The largest absolute Gasteiger partial charge is 0.384 e. The van der Waals surface area contributed by atoms with Crippen molar-refractivity contribution in [2.24, 2.45) is 0 Å². The molecular weight excluding hydrogens is 505 g/mol. The molecule has 0 spiro atoms. The number of aryl methyl sites for hydroxylation is 1. The summed E-state index contributed by atoms with van der Waals surface area (Å²) in [5.41, 5.74) is -1.85. The topological polar surface area (TPSA) is 98.0 Å². The molecular formula is C29H33F3N6O. The van der Waals surface area contributed by atoms with Crippen LogP contribution in [0.2, 0.25) is 0 Å². The van der Waals surface area contributed by atoms with Crippen LogP contribution in [0.25, 0.3) is 11.0 Å². The van der Waals surface area contributed by atoms with Crippen LogP contribution in [-0.2, 0) is 17.8 Å². The molecule has 1 atom stereocenters. The summed E-state index contributed by atoms with van der Waals surface area (Å²) in [5, 5.41) is 23.6. The fourth-order valence-corrected chi connectivity index (χ4v) is 5.06.